The third-order valence-corrected chi connectivity index (χ3v) is 15.3. The van der Waals surface area contributed by atoms with Crippen LogP contribution in [0.25, 0.3) is 0 Å². The zero-order chi connectivity index (χ0) is 56.3. The van der Waals surface area contributed by atoms with Gasteiger partial charge < -0.3 is 18.9 Å². The summed E-state index contributed by atoms with van der Waals surface area (Å²) in [6.07, 6.45) is 76.0. The van der Waals surface area contributed by atoms with Gasteiger partial charge in [0.15, 0.2) is 6.10 Å². The van der Waals surface area contributed by atoms with E-state index in [2.05, 4.69) is 74.6 Å². The molecule has 0 amide bonds. The second kappa shape index (κ2) is 58.4. The quantitative estimate of drug-likeness (QED) is 0.0211. The van der Waals surface area contributed by atoms with E-state index in [0.29, 0.717) is 23.9 Å². The Hall–Kier alpha value is -2.29. The number of allylic oxidation sites excluding steroid dienone is 10. The van der Waals surface area contributed by atoms with E-state index < -0.39 is 26.5 Å². The molecule has 0 saturated carbocycles. The van der Waals surface area contributed by atoms with Crippen LogP contribution in [0, 0.1) is 0 Å². The van der Waals surface area contributed by atoms with Crippen molar-refractivity contribution < 1.29 is 42.1 Å². The molecule has 0 bridgehead atoms. The summed E-state index contributed by atoms with van der Waals surface area (Å²) >= 11 is 0. The Bertz CT molecular complexity index is 1480. The number of ether oxygens (including phenoxy) is 2. The Labute approximate surface area is 476 Å². The number of phosphoric ester groups is 1. The molecule has 0 aromatic carbocycles. The van der Waals surface area contributed by atoms with E-state index >= 15 is 0 Å². The van der Waals surface area contributed by atoms with Gasteiger partial charge in [-0.1, -0.05) is 293 Å². The van der Waals surface area contributed by atoms with Gasteiger partial charge in [0.25, 0.3) is 0 Å². The molecule has 0 aromatic rings. The van der Waals surface area contributed by atoms with Gasteiger partial charge in [-0.2, -0.15) is 0 Å². The van der Waals surface area contributed by atoms with Crippen molar-refractivity contribution in [2.75, 3.05) is 47.5 Å². The number of esters is 2. The average molecular weight is 1100 g/mol. The van der Waals surface area contributed by atoms with Gasteiger partial charge in [0.2, 0.25) is 0 Å². The summed E-state index contributed by atoms with van der Waals surface area (Å²) in [5.41, 5.74) is 0. The van der Waals surface area contributed by atoms with Crippen molar-refractivity contribution in [3.05, 3.63) is 60.8 Å². The van der Waals surface area contributed by atoms with Gasteiger partial charge in [0.1, 0.15) is 19.8 Å². The number of quaternary nitrogens is 1. The van der Waals surface area contributed by atoms with Crippen molar-refractivity contribution in [1.29, 1.82) is 0 Å². The summed E-state index contributed by atoms with van der Waals surface area (Å²) in [6.45, 7) is 4.36. The summed E-state index contributed by atoms with van der Waals surface area (Å²) in [4.78, 5) is 35.8. The highest BCUT2D eigenvalue weighted by Crippen LogP contribution is 2.43. The van der Waals surface area contributed by atoms with E-state index in [1.54, 1.807) is 0 Å². The van der Waals surface area contributed by atoms with E-state index in [1.807, 2.05) is 21.1 Å². The zero-order valence-electron chi connectivity index (χ0n) is 51.2. The highest BCUT2D eigenvalue weighted by Gasteiger charge is 2.27. The number of carbonyl (C=O) groups excluding carboxylic acids is 2. The van der Waals surface area contributed by atoms with Gasteiger partial charge >= 0.3 is 19.8 Å². The Balaban J connectivity index is 4.08. The second-order valence-electron chi connectivity index (χ2n) is 23.1. The van der Waals surface area contributed by atoms with Crippen LogP contribution in [0.2, 0.25) is 0 Å². The van der Waals surface area contributed by atoms with Gasteiger partial charge in [-0.25, -0.2) is 4.57 Å². The topological polar surface area (TPSA) is 108 Å². The van der Waals surface area contributed by atoms with Crippen LogP contribution in [0.15, 0.2) is 60.8 Å². The Morgan fingerprint density at radius 2 is 0.740 bits per heavy atom. The monoisotopic (exact) mass is 1100 g/mol. The molecule has 77 heavy (non-hydrogen) atoms. The lowest BCUT2D eigenvalue weighted by Gasteiger charge is -2.24. The first-order valence-corrected chi connectivity index (χ1v) is 34.0. The van der Waals surface area contributed by atoms with Crippen LogP contribution in [0.3, 0.4) is 0 Å². The van der Waals surface area contributed by atoms with E-state index in [1.165, 1.54) is 193 Å². The minimum absolute atomic E-state index is 0.0300. The molecule has 2 atom stereocenters. The molecular weight excluding hydrogens is 978 g/mol. The molecule has 0 radical (unpaired) electrons. The molecule has 2 unspecified atom stereocenters. The minimum atomic E-state index is -4.39. The summed E-state index contributed by atoms with van der Waals surface area (Å²) in [5, 5.41) is 0. The number of nitrogens with zero attached hydrogens (tertiary/aromatic N) is 1. The van der Waals surface area contributed by atoms with Crippen molar-refractivity contribution >= 4 is 19.8 Å². The number of rotatable bonds is 60. The highest BCUT2D eigenvalue weighted by molar-refractivity contribution is 7.47. The molecule has 0 fully saturated rings. The van der Waals surface area contributed by atoms with Gasteiger partial charge in [-0.3, -0.25) is 18.6 Å². The molecule has 0 aliphatic carbocycles. The molecule has 0 spiro atoms. The molecule has 0 aliphatic heterocycles. The number of hydrogen-bond donors (Lipinski definition) is 1. The number of phosphoric acid groups is 1. The lowest BCUT2D eigenvalue weighted by atomic mass is 10.0. The van der Waals surface area contributed by atoms with Crippen LogP contribution in [0.5, 0.6) is 0 Å². The number of likely N-dealkylation sites (N-methyl/N-ethyl adjacent to an activating group) is 1. The van der Waals surface area contributed by atoms with Gasteiger partial charge in [-0.15, -0.1) is 0 Å². The van der Waals surface area contributed by atoms with Crippen molar-refractivity contribution in [2.24, 2.45) is 0 Å². The molecule has 0 rings (SSSR count). The normalized spacial score (nSPS) is 13.6. The van der Waals surface area contributed by atoms with Gasteiger partial charge in [0, 0.05) is 12.8 Å². The van der Waals surface area contributed by atoms with Crippen LogP contribution >= 0.6 is 7.82 Å². The molecule has 1 N–H and O–H groups in total. The second-order valence-corrected chi connectivity index (χ2v) is 24.6. The van der Waals surface area contributed by atoms with Crippen molar-refractivity contribution in [3.8, 4) is 0 Å². The van der Waals surface area contributed by atoms with Crippen LogP contribution in [0.4, 0.5) is 0 Å². The highest BCUT2D eigenvalue weighted by atomic mass is 31.2. The SMILES string of the molecule is CC/C=C\C/C=C\C/C=C\C/C=C\C/C=C\CCCCCCCCCCCC(=O)OC(COC(=O)CCCCCCCCCCCCCCCCCCCCCCCCCCCCCC)COP(=O)(O)OCC[N+](C)(C)C. The Kier molecular flexibility index (Phi) is 56.6. The first-order valence-electron chi connectivity index (χ1n) is 32.5. The first-order chi connectivity index (χ1) is 37.5. The molecule has 0 aromatic heterocycles. The van der Waals surface area contributed by atoms with Crippen LogP contribution in [0.1, 0.15) is 303 Å². The lowest BCUT2D eigenvalue weighted by molar-refractivity contribution is -0.870. The van der Waals surface area contributed by atoms with Crippen LogP contribution in [-0.2, 0) is 32.7 Å². The third kappa shape index (κ3) is 62.8. The Morgan fingerprint density at radius 1 is 0.416 bits per heavy atom. The molecule has 0 aliphatic rings. The van der Waals surface area contributed by atoms with E-state index in [-0.39, 0.29) is 25.6 Å². The maximum atomic E-state index is 12.8. The fraction of sp³-hybridized carbons (Fsp3) is 0.821. The number of unbranched alkanes of at least 4 members (excludes halogenated alkanes) is 36. The lowest BCUT2D eigenvalue weighted by Crippen LogP contribution is -2.37. The maximum absolute atomic E-state index is 12.8. The molecule has 9 nitrogen and oxygen atoms in total. The minimum Gasteiger partial charge on any atom is -0.462 e. The standard InChI is InChI=1S/C67H124NO8P/c1-6-8-10-12-14-16-18-20-22-24-26-28-30-32-33-34-36-37-39-41-43-45-47-49-51-53-55-57-59-66(69)73-63-65(64-75-77(71,72)74-62-61-68(3,4)5)76-67(70)60-58-56-54-52-50-48-46-44-42-40-38-35-31-29-27-25-23-21-19-17-15-13-11-9-7-2/h9,11,15,17,21,23,27,29,35,38,65H,6-8,10,12-14,16,18-20,22,24-26,28,30-34,36-37,39-64H2,1-5H3/p+1/b11-9-,17-15-,23-21-,29-27-,38-35-. The largest absolute Gasteiger partial charge is 0.472 e. The maximum Gasteiger partial charge on any atom is 0.472 e. The molecule has 450 valence electrons. The first kappa shape index (κ1) is 74.7. The third-order valence-electron chi connectivity index (χ3n) is 14.3. The van der Waals surface area contributed by atoms with Crippen LogP contribution in [-0.4, -0.2) is 74.9 Å². The van der Waals surface area contributed by atoms with E-state index in [4.69, 9.17) is 18.5 Å². The van der Waals surface area contributed by atoms with E-state index in [9.17, 15) is 19.0 Å². The predicted octanol–water partition coefficient (Wildman–Crippen LogP) is 20.7. The smallest absolute Gasteiger partial charge is 0.462 e. The summed E-state index contributed by atoms with van der Waals surface area (Å²) in [7, 11) is 1.48. The van der Waals surface area contributed by atoms with Crippen molar-refractivity contribution in [2.45, 2.75) is 309 Å². The average Bonchev–Trinajstić information content (AvgIpc) is 3.39. The number of carbonyl (C=O) groups is 2. The predicted molar refractivity (Wildman–Crippen MR) is 330 cm³/mol. The van der Waals surface area contributed by atoms with E-state index in [0.717, 1.165) is 77.0 Å². The summed E-state index contributed by atoms with van der Waals surface area (Å²) in [5.74, 6) is -0.792. The van der Waals surface area contributed by atoms with Gasteiger partial charge in [-0.05, 0) is 57.8 Å². The van der Waals surface area contributed by atoms with Crippen LogP contribution < -0.4 is 0 Å². The molecular formula is C67H125NO8P+. The molecule has 10 heteroatoms. The zero-order valence-corrected chi connectivity index (χ0v) is 52.1. The van der Waals surface area contributed by atoms with Crippen molar-refractivity contribution in [3.63, 3.8) is 0 Å². The fourth-order valence-electron chi connectivity index (χ4n) is 9.34. The molecule has 0 heterocycles. The fourth-order valence-corrected chi connectivity index (χ4v) is 10.1. The summed E-state index contributed by atoms with van der Waals surface area (Å²) < 4.78 is 34.7. The van der Waals surface area contributed by atoms with Crippen molar-refractivity contribution in [1.82, 2.24) is 0 Å². The summed E-state index contributed by atoms with van der Waals surface area (Å²) in [6, 6.07) is 0. The number of hydrogen-bond acceptors (Lipinski definition) is 7. The molecule has 0 saturated heterocycles. The Morgan fingerprint density at radius 3 is 1.10 bits per heavy atom. The van der Waals surface area contributed by atoms with Gasteiger partial charge in [0.05, 0.1) is 27.7 Å².